The van der Waals surface area contributed by atoms with E-state index in [9.17, 15) is 18.0 Å². The van der Waals surface area contributed by atoms with Crippen LogP contribution in [0.15, 0.2) is 23.1 Å². The third-order valence-corrected chi connectivity index (χ3v) is 8.65. The molecule has 3 aliphatic rings. The van der Waals surface area contributed by atoms with Gasteiger partial charge in [0.15, 0.2) is 0 Å². The molecule has 176 valence electrons. The van der Waals surface area contributed by atoms with E-state index in [4.69, 9.17) is 4.74 Å². The second-order valence-electron chi connectivity index (χ2n) is 8.36. The van der Waals surface area contributed by atoms with Gasteiger partial charge in [-0.1, -0.05) is 13.8 Å². The molecule has 2 saturated heterocycles. The van der Waals surface area contributed by atoms with Crippen molar-refractivity contribution in [2.75, 3.05) is 62.3 Å². The fourth-order valence-corrected chi connectivity index (χ4v) is 6.30. The van der Waals surface area contributed by atoms with Crippen LogP contribution in [0.4, 0.5) is 11.4 Å². The molecule has 3 heterocycles. The third-order valence-electron chi connectivity index (χ3n) is 6.60. The highest BCUT2D eigenvalue weighted by molar-refractivity contribution is 7.89. The van der Waals surface area contributed by atoms with E-state index >= 15 is 0 Å². The van der Waals surface area contributed by atoms with Gasteiger partial charge in [0.2, 0.25) is 21.8 Å². The van der Waals surface area contributed by atoms with Gasteiger partial charge in [-0.05, 0) is 37.5 Å². The molecule has 3 aliphatic heterocycles. The summed E-state index contributed by atoms with van der Waals surface area (Å²) < 4.78 is 33.0. The number of morpholine rings is 1. The maximum Gasteiger partial charge on any atom is 0.250 e. The van der Waals surface area contributed by atoms with Gasteiger partial charge in [0.1, 0.15) is 12.6 Å². The number of fused-ring (bicyclic) bond motifs is 3. The predicted octanol–water partition coefficient (Wildman–Crippen LogP) is 1.28. The van der Waals surface area contributed by atoms with Crippen LogP contribution < -0.4 is 9.80 Å². The topological polar surface area (TPSA) is 90.5 Å². The van der Waals surface area contributed by atoms with Crippen molar-refractivity contribution in [2.24, 2.45) is 0 Å². The van der Waals surface area contributed by atoms with E-state index < -0.39 is 10.0 Å². The average molecular weight is 465 g/mol. The Morgan fingerprint density at radius 2 is 1.81 bits per heavy atom. The van der Waals surface area contributed by atoms with Crippen molar-refractivity contribution < 1.29 is 22.7 Å². The molecule has 9 nitrogen and oxygen atoms in total. The summed E-state index contributed by atoms with van der Waals surface area (Å²) in [6, 6.07) is 4.68. The van der Waals surface area contributed by atoms with Crippen LogP contribution in [0.5, 0.6) is 0 Å². The number of nitrogens with zero attached hydrogens (tertiary/aromatic N) is 4. The molecule has 0 N–H and O–H groups in total. The zero-order chi connectivity index (χ0) is 22.9. The first-order valence-corrected chi connectivity index (χ1v) is 12.9. The van der Waals surface area contributed by atoms with E-state index in [2.05, 4.69) is 4.90 Å². The maximum absolute atomic E-state index is 13.5. The second-order valence-corrected chi connectivity index (χ2v) is 10.3. The number of piperidine rings is 1. The number of hydrogen-bond acceptors (Lipinski definition) is 6. The van der Waals surface area contributed by atoms with Gasteiger partial charge in [0.25, 0.3) is 0 Å². The van der Waals surface area contributed by atoms with Crippen LogP contribution in [-0.2, 0) is 24.3 Å². The van der Waals surface area contributed by atoms with Crippen LogP contribution >= 0.6 is 0 Å². The molecule has 4 rings (SSSR count). The minimum atomic E-state index is -3.69. The normalized spacial score (nSPS) is 21.5. The van der Waals surface area contributed by atoms with Crippen molar-refractivity contribution in [1.29, 1.82) is 0 Å². The molecule has 0 aliphatic carbocycles. The summed E-state index contributed by atoms with van der Waals surface area (Å²) >= 11 is 0. The van der Waals surface area contributed by atoms with Crippen LogP contribution in [-0.4, -0.2) is 88.0 Å². The van der Waals surface area contributed by atoms with E-state index in [1.807, 2.05) is 0 Å². The van der Waals surface area contributed by atoms with Gasteiger partial charge in [-0.2, -0.15) is 4.31 Å². The molecule has 1 aromatic rings. The lowest BCUT2D eigenvalue weighted by Crippen LogP contribution is -2.57. The van der Waals surface area contributed by atoms with Crippen LogP contribution in [0, 0.1) is 0 Å². The number of ether oxygens (including phenoxy) is 1. The Hall–Kier alpha value is -2.17. The van der Waals surface area contributed by atoms with E-state index in [1.165, 1.54) is 9.21 Å². The molecule has 10 heteroatoms. The van der Waals surface area contributed by atoms with Crippen molar-refractivity contribution in [3.63, 3.8) is 0 Å². The van der Waals surface area contributed by atoms with Crippen LogP contribution in [0.3, 0.4) is 0 Å². The number of rotatable bonds is 6. The van der Waals surface area contributed by atoms with E-state index in [0.29, 0.717) is 45.1 Å². The molecule has 1 atom stereocenters. The van der Waals surface area contributed by atoms with Gasteiger partial charge in [0, 0.05) is 32.7 Å². The Labute approximate surface area is 189 Å². The van der Waals surface area contributed by atoms with Crippen LogP contribution in [0.25, 0.3) is 0 Å². The molecule has 2 amide bonds. The maximum atomic E-state index is 13.5. The van der Waals surface area contributed by atoms with Crippen molar-refractivity contribution in [3.05, 3.63) is 18.2 Å². The van der Waals surface area contributed by atoms with Crippen molar-refractivity contribution in [1.82, 2.24) is 9.21 Å². The highest BCUT2D eigenvalue weighted by atomic mass is 32.2. The standard InChI is InChI=1S/C22H32N4O5S/c1-3-24(4-2)32(29,30)17-8-9-18-20(15-17)26(16-21(27)23-11-13-31-14-12-23)22(28)19-7-5-6-10-25(18)19/h8-9,15,19H,3-7,10-14,16H2,1-2H3/t19-/m1/s1. The van der Waals surface area contributed by atoms with Gasteiger partial charge in [0.05, 0.1) is 29.5 Å². The Balaban J connectivity index is 1.73. The minimum Gasteiger partial charge on any atom is -0.378 e. The zero-order valence-corrected chi connectivity index (χ0v) is 19.6. The van der Waals surface area contributed by atoms with Gasteiger partial charge in [-0.3, -0.25) is 14.5 Å². The molecular formula is C22H32N4O5S. The predicted molar refractivity (Wildman–Crippen MR) is 121 cm³/mol. The van der Waals surface area contributed by atoms with E-state index in [-0.39, 0.29) is 29.3 Å². The SMILES string of the molecule is CCN(CC)S(=O)(=O)c1ccc2c(c1)N(CC(=O)N1CCOCC1)C(=O)[C@H]1CCCCN21. The first-order valence-electron chi connectivity index (χ1n) is 11.5. The number of amides is 2. The molecule has 0 spiro atoms. The van der Waals surface area contributed by atoms with Gasteiger partial charge in [-0.25, -0.2) is 8.42 Å². The quantitative estimate of drug-likeness (QED) is 0.630. The summed E-state index contributed by atoms with van der Waals surface area (Å²) in [6.45, 7) is 6.95. The molecule has 32 heavy (non-hydrogen) atoms. The molecule has 0 aromatic heterocycles. The monoisotopic (exact) mass is 464 g/mol. The molecule has 0 saturated carbocycles. The van der Waals surface area contributed by atoms with E-state index in [0.717, 1.165) is 31.5 Å². The first-order chi connectivity index (χ1) is 15.4. The average Bonchev–Trinajstić information content (AvgIpc) is 2.82. The number of anilines is 2. The highest BCUT2D eigenvalue weighted by Crippen LogP contribution is 2.41. The van der Waals surface area contributed by atoms with Crippen LogP contribution in [0.1, 0.15) is 33.1 Å². The minimum absolute atomic E-state index is 0.0923. The fourth-order valence-electron chi connectivity index (χ4n) is 4.82. The van der Waals surface area contributed by atoms with Gasteiger partial charge in [-0.15, -0.1) is 0 Å². The van der Waals surface area contributed by atoms with Gasteiger partial charge >= 0.3 is 0 Å². The Kier molecular flexibility index (Phi) is 6.73. The lowest BCUT2D eigenvalue weighted by molar-refractivity contribution is -0.135. The summed E-state index contributed by atoms with van der Waals surface area (Å²) in [6.07, 6.45) is 2.68. The molecular weight excluding hydrogens is 432 g/mol. The number of hydrogen-bond donors (Lipinski definition) is 0. The summed E-state index contributed by atoms with van der Waals surface area (Å²) in [5.41, 5.74) is 1.32. The Morgan fingerprint density at radius 3 is 2.50 bits per heavy atom. The number of benzene rings is 1. The van der Waals surface area contributed by atoms with Crippen molar-refractivity contribution in [3.8, 4) is 0 Å². The lowest BCUT2D eigenvalue weighted by Gasteiger charge is -2.45. The molecule has 0 radical (unpaired) electrons. The smallest absolute Gasteiger partial charge is 0.250 e. The van der Waals surface area contributed by atoms with Crippen LogP contribution in [0.2, 0.25) is 0 Å². The highest BCUT2D eigenvalue weighted by Gasteiger charge is 2.41. The number of carbonyl (C=O) groups excluding carboxylic acids is 2. The van der Waals surface area contributed by atoms with E-state index in [1.54, 1.807) is 36.9 Å². The molecule has 2 fully saturated rings. The lowest BCUT2D eigenvalue weighted by atomic mass is 9.96. The molecule has 1 aromatic carbocycles. The fraction of sp³-hybridized carbons (Fsp3) is 0.636. The Morgan fingerprint density at radius 1 is 1.09 bits per heavy atom. The summed E-state index contributed by atoms with van der Waals surface area (Å²) in [7, 11) is -3.69. The molecule has 0 bridgehead atoms. The number of sulfonamides is 1. The van der Waals surface area contributed by atoms with Gasteiger partial charge < -0.3 is 14.5 Å². The summed E-state index contributed by atoms with van der Waals surface area (Å²) in [4.78, 5) is 31.9. The van der Waals surface area contributed by atoms with Crippen molar-refractivity contribution >= 4 is 33.2 Å². The second kappa shape index (κ2) is 9.36. The third kappa shape index (κ3) is 4.11. The Bertz CT molecular complexity index is 973. The first kappa shape index (κ1) is 23.0. The molecule has 0 unspecified atom stereocenters. The summed E-state index contributed by atoms with van der Waals surface area (Å²) in [5, 5.41) is 0. The number of carbonyl (C=O) groups is 2. The van der Waals surface area contributed by atoms with Crippen molar-refractivity contribution in [2.45, 2.75) is 44.0 Å². The zero-order valence-electron chi connectivity index (χ0n) is 18.8. The largest absolute Gasteiger partial charge is 0.378 e. The summed E-state index contributed by atoms with van der Waals surface area (Å²) in [5.74, 6) is -0.273.